The fourth-order valence-electron chi connectivity index (χ4n) is 2.85. The van der Waals surface area contributed by atoms with Crippen molar-refractivity contribution in [3.05, 3.63) is 0 Å². The molecule has 1 aliphatic rings. The fourth-order valence-corrected chi connectivity index (χ4v) is 2.85. The van der Waals surface area contributed by atoms with E-state index in [-0.39, 0.29) is 6.10 Å². The first kappa shape index (κ1) is 13.0. The molecule has 15 heavy (non-hydrogen) atoms. The second kappa shape index (κ2) is 7.27. The van der Waals surface area contributed by atoms with Crippen LogP contribution in [0.25, 0.3) is 0 Å². The smallest absolute Gasteiger partial charge is 0.0571 e. The molecular weight excluding hydrogens is 184 g/mol. The lowest BCUT2D eigenvalue weighted by Gasteiger charge is -2.33. The van der Waals surface area contributed by atoms with E-state index in [1.807, 2.05) is 0 Å². The van der Waals surface area contributed by atoms with Crippen molar-refractivity contribution in [2.24, 2.45) is 11.8 Å². The van der Waals surface area contributed by atoms with Gasteiger partial charge in [-0.1, -0.05) is 46.0 Å². The van der Waals surface area contributed by atoms with Crippen molar-refractivity contribution in [3.8, 4) is 0 Å². The Hall–Kier alpha value is -0.0400. The first-order chi connectivity index (χ1) is 7.27. The van der Waals surface area contributed by atoms with Crippen molar-refractivity contribution >= 4 is 0 Å². The van der Waals surface area contributed by atoms with E-state index in [0.717, 1.165) is 12.3 Å². The molecule has 0 saturated heterocycles. The first-order valence-electron chi connectivity index (χ1n) is 6.96. The monoisotopic (exact) mass is 212 g/mol. The van der Waals surface area contributed by atoms with Crippen LogP contribution in [0.15, 0.2) is 0 Å². The minimum absolute atomic E-state index is 0.00663. The van der Waals surface area contributed by atoms with E-state index in [4.69, 9.17) is 0 Å². The van der Waals surface area contributed by atoms with Gasteiger partial charge in [-0.2, -0.15) is 0 Å². The number of aliphatic hydroxyl groups is 1. The topological polar surface area (TPSA) is 20.2 Å². The van der Waals surface area contributed by atoms with Crippen LogP contribution in [0, 0.1) is 11.8 Å². The second-order valence-electron chi connectivity index (χ2n) is 5.29. The quantitative estimate of drug-likeness (QED) is 0.701. The van der Waals surface area contributed by atoms with Crippen LogP contribution in [0.2, 0.25) is 0 Å². The van der Waals surface area contributed by atoms with E-state index in [0.29, 0.717) is 5.92 Å². The molecule has 0 aromatic heterocycles. The highest BCUT2D eigenvalue weighted by molar-refractivity contribution is 4.79. The lowest BCUT2D eigenvalue weighted by molar-refractivity contribution is 0.0372. The van der Waals surface area contributed by atoms with Gasteiger partial charge in [0, 0.05) is 0 Å². The Bertz CT molecular complexity index is 155. The average molecular weight is 212 g/mol. The molecule has 90 valence electrons. The molecule has 0 amide bonds. The molecule has 3 atom stereocenters. The van der Waals surface area contributed by atoms with Crippen LogP contribution in [0.3, 0.4) is 0 Å². The van der Waals surface area contributed by atoms with Crippen molar-refractivity contribution in [1.29, 1.82) is 0 Å². The van der Waals surface area contributed by atoms with Gasteiger partial charge in [-0.25, -0.2) is 0 Å². The molecule has 0 bridgehead atoms. The fraction of sp³-hybridized carbons (Fsp3) is 1.00. The van der Waals surface area contributed by atoms with Gasteiger partial charge in [0.25, 0.3) is 0 Å². The summed E-state index contributed by atoms with van der Waals surface area (Å²) in [6, 6.07) is 0. The number of hydrogen-bond acceptors (Lipinski definition) is 1. The molecule has 1 nitrogen and oxygen atoms in total. The van der Waals surface area contributed by atoms with E-state index in [1.165, 1.54) is 51.4 Å². The van der Waals surface area contributed by atoms with Crippen LogP contribution >= 0.6 is 0 Å². The van der Waals surface area contributed by atoms with Crippen LogP contribution in [0.1, 0.15) is 71.6 Å². The SMILES string of the molecule is CCCCC1CCC(CCCC)C(O)C1. The largest absolute Gasteiger partial charge is 0.393 e. The van der Waals surface area contributed by atoms with Gasteiger partial charge in [0.2, 0.25) is 0 Å². The third-order valence-corrected chi connectivity index (χ3v) is 3.96. The predicted octanol–water partition coefficient (Wildman–Crippen LogP) is 4.14. The lowest BCUT2D eigenvalue weighted by Crippen LogP contribution is -2.29. The number of rotatable bonds is 6. The van der Waals surface area contributed by atoms with E-state index in [1.54, 1.807) is 0 Å². The summed E-state index contributed by atoms with van der Waals surface area (Å²) in [4.78, 5) is 0. The van der Waals surface area contributed by atoms with Crippen LogP contribution in [-0.2, 0) is 0 Å². The molecule has 0 heterocycles. The summed E-state index contributed by atoms with van der Waals surface area (Å²) in [7, 11) is 0. The highest BCUT2D eigenvalue weighted by Gasteiger charge is 2.27. The normalized spacial score (nSPS) is 31.8. The minimum Gasteiger partial charge on any atom is -0.393 e. The molecule has 1 N–H and O–H groups in total. The highest BCUT2D eigenvalue weighted by Crippen LogP contribution is 2.34. The summed E-state index contributed by atoms with van der Waals surface area (Å²) in [6.45, 7) is 4.49. The van der Waals surface area contributed by atoms with Gasteiger partial charge in [0.15, 0.2) is 0 Å². The van der Waals surface area contributed by atoms with Gasteiger partial charge in [0.05, 0.1) is 6.10 Å². The maximum Gasteiger partial charge on any atom is 0.0571 e. The van der Waals surface area contributed by atoms with Crippen molar-refractivity contribution in [2.45, 2.75) is 77.7 Å². The molecule has 1 fully saturated rings. The van der Waals surface area contributed by atoms with Crippen LogP contribution in [0.4, 0.5) is 0 Å². The molecule has 1 heteroatoms. The maximum atomic E-state index is 10.1. The van der Waals surface area contributed by atoms with E-state index < -0.39 is 0 Å². The maximum absolute atomic E-state index is 10.1. The van der Waals surface area contributed by atoms with Gasteiger partial charge in [-0.3, -0.25) is 0 Å². The Balaban J connectivity index is 2.21. The Morgan fingerprint density at radius 2 is 1.67 bits per heavy atom. The van der Waals surface area contributed by atoms with Crippen molar-refractivity contribution in [2.75, 3.05) is 0 Å². The van der Waals surface area contributed by atoms with Gasteiger partial charge >= 0.3 is 0 Å². The zero-order valence-corrected chi connectivity index (χ0v) is 10.5. The molecule has 3 unspecified atom stereocenters. The van der Waals surface area contributed by atoms with Gasteiger partial charge in [-0.15, -0.1) is 0 Å². The van der Waals surface area contributed by atoms with E-state index >= 15 is 0 Å². The number of aliphatic hydroxyl groups excluding tert-OH is 1. The average Bonchev–Trinajstić information content (AvgIpc) is 2.25. The number of hydrogen-bond donors (Lipinski definition) is 1. The molecule has 0 radical (unpaired) electrons. The van der Waals surface area contributed by atoms with Gasteiger partial charge in [0.1, 0.15) is 0 Å². The van der Waals surface area contributed by atoms with Crippen molar-refractivity contribution < 1.29 is 5.11 Å². The Kier molecular flexibility index (Phi) is 6.31. The summed E-state index contributed by atoms with van der Waals surface area (Å²) in [5.41, 5.74) is 0. The molecule has 1 rings (SSSR count). The highest BCUT2D eigenvalue weighted by atomic mass is 16.3. The third kappa shape index (κ3) is 4.55. The molecule has 0 spiro atoms. The van der Waals surface area contributed by atoms with Gasteiger partial charge < -0.3 is 5.11 Å². The molecule has 0 aliphatic heterocycles. The Morgan fingerprint density at radius 1 is 1.00 bits per heavy atom. The van der Waals surface area contributed by atoms with Crippen molar-refractivity contribution in [1.82, 2.24) is 0 Å². The van der Waals surface area contributed by atoms with Crippen LogP contribution < -0.4 is 0 Å². The van der Waals surface area contributed by atoms with Crippen LogP contribution in [-0.4, -0.2) is 11.2 Å². The van der Waals surface area contributed by atoms with Gasteiger partial charge in [-0.05, 0) is 37.5 Å². The molecule has 0 aromatic rings. The summed E-state index contributed by atoms with van der Waals surface area (Å²) in [6.07, 6.45) is 11.5. The Morgan fingerprint density at radius 3 is 2.27 bits per heavy atom. The lowest BCUT2D eigenvalue weighted by atomic mass is 9.76. The van der Waals surface area contributed by atoms with E-state index in [2.05, 4.69) is 13.8 Å². The zero-order valence-electron chi connectivity index (χ0n) is 10.5. The molecule has 0 aromatic carbocycles. The summed E-state index contributed by atoms with van der Waals surface area (Å²) >= 11 is 0. The third-order valence-electron chi connectivity index (χ3n) is 3.96. The van der Waals surface area contributed by atoms with Crippen molar-refractivity contribution in [3.63, 3.8) is 0 Å². The minimum atomic E-state index is 0.00663. The predicted molar refractivity (Wildman–Crippen MR) is 65.9 cm³/mol. The summed E-state index contributed by atoms with van der Waals surface area (Å²) < 4.78 is 0. The second-order valence-corrected chi connectivity index (χ2v) is 5.29. The molecule has 1 aliphatic carbocycles. The van der Waals surface area contributed by atoms with E-state index in [9.17, 15) is 5.11 Å². The van der Waals surface area contributed by atoms with Crippen LogP contribution in [0.5, 0.6) is 0 Å². The molecular formula is C14H28O. The zero-order chi connectivity index (χ0) is 11.1. The number of unbranched alkanes of at least 4 members (excludes halogenated alkanes) is 2. The summed E-state index contributed by atoms with van der Waals surface area (Å²) in [5.74, 6) is 1.43. The summed E-state index contributed by atoms with van der Waals surface area (Å²) in [5, 5.41) is 10.1. The standard InChI is InChI=1S/C14H28O/c1-3-5-7-12-9-10-13(8-6-4-2)14(15)11-12/h12-15H,3-11H2,1-2H3. The Labute approximate surface area is 95.3 Å². The first-order valence-corrected chi connectivity index (χ1v) is 6.96. The molecule has 1 saturated carbocycles.